The number of benzene rings is 3. The lowest BCUT2D eigenvalue weighted by Crippen LogP contribution is -2.61. The van der Waals surface area contributed by atoms with Crippen LogP contribution in [0.2, 0.25) is 0 Å². The third-order valence-corrected chi connectivity index (χ3v) is 5.61. The molecule has 2 N–H and O–H groups in total. The van der Waals surface area contributed by atoms with Crippen LogP contribution in [0.3, 0.4) is 0 Å². The second-order valence-electron chi connectivity index (χ2n) is 8.01. The minimum atomic E-state index is -1.50. The third kappa shape index (κ3) is 6.08. The van der Waals surface area contributed by atoms with Crippen LogP contribution >= 0.6 is 0 Å². The van der Waals surface area contributed by atoms with Gasteiger partial charge in [0.15, 0.2) is 12.4 Å². The molecule has 0 spiro atoms. The van der Waals surface area contributed by atoms with Crippen molar-refractivity contribution in [1.82, 2.24) is 0 Å². The lowest BCUT2D eigenvalue weighted by Gasteiger charge is -2.43. The zero-order chi connectivity index (χ0) is 23.8. The van der Waals surface area contributed by atoms with Crippen molar-refractivity contribution < 1.29 is 34.0 Å². The Balaban J connectivity index is 1.57. The Bertz CT molecular complexity index is 1010. The molecule has 5 unspecified atom stereocenters. The molecule has 1 saturated heterocycles. The van der Waals surface area contributed by atoms with Gasteiger partial charge in [0.2, 0.25) is 0 Å². The minimum Gasteiger partial charge on any atom is -0.450 e. The number of carbonyl (C=O) groups is 1. The van der Waals surface area contributed by atoms with Crippen molar-refractivity contribution in [2.45, 2.75) is 43.9 Å². The van der Waals surface area contributed by atoms with Crippen LogP contribution < -0.4 is 0 Å². The molecule has 5 atom stereocenters. The summed E-state index contributed by atoms with van der Waals surface area (Å²) in [6.07, 6.45) is -5.23. The molecule has 1 heterocycles. The molecule has 4 rings (SSSR count). The van der Waals surface area contributed by atoms with Crippen LogP contribution in [-0.2, 0) is 32.2 Å². The molecule has 0 bridgehead atoms. The SMILES string of the molecule is O=C(OC1C(O)OC(CO)C(OCc2ccccc2)C1OCc1ccccc1)c1ccccc1. The van der Waals surface area contributed by atoms with E-state index in [0.717, 1.165) is 11.1 Å². The number of esters is 1. The molecule has 0 radical (unpaired) electrons. The van der Waals surface area contributed by atoms with Gasteiger partial charge in [-0.3, -0.25) is 0 Å². The maximum atomic E-state index is 12.8. The minimum absolute atomic E-state index is 0.195. The second-order valence-corrected chi connectivity index (χ2v) is 8.01. The van der Waals surface area contributed by atoms with E-state index in [1.165, 1.54) is 0 Å². The standard InChI is InChI=1S/C27H28O7/c28-16-22-23(31-17-19-10-4-1-5-11-19)24(32-18-20-12-6-2-7-13-20)25(27(30)33-22)34-26(29)21-14-8-3-9-15-21/h1-15,22-25,27-28,30H,16-18H2. The average Bonchev–Trinajstić information content (AvgIpc) is 2.89. The summed E-state index contributed by atoms with van der Waals surface area (Å²) >= 11 is 0. The zero-order valence-electron chi connectivity index (χ0n) is 18.6. The van der Waals surface area contributed by atoms with Gasteiger partial charge in [-0.2, -0.15) is 0 Å². The molecule has 1 aliphatic rings. The lowest BCUT2D eigenvalue weighted by atomic mass is 9.98. The highest BCUT2D eigenvalue weighted by molar-refractivity contribution is 5.89. The quantitative estimate of drug-likeness (QED) is 0.470. The zero-order valence-corrected chi connectivity index (χ0v) is 18.6. The van der Waals surface area contributed by atoms with Gasteiger partial charge >= 0.3 is 5.97 Å². The van der Waals surface area contributed by atoms with Crippen molar-refractivity contribution in [3.8, 4) is 0 Å². The number of ether oxygens (including phenoxy) is 4. The van der Waals surface area contributed by atoms with Crippen LogP contribution in [0.1, 0.15) is 21.5 Å². The first-order chi connectivity index (χ1) is 16.7. The maximum Gasteiger partial charge on any atom is 0.338 e. The van der Waals surface area contributed by atoms with Gasteiger partial charge in [-0.25, -0.2) is 4.79 Å². The van der Waals surface area contributed by atoms with Gasteiger partial charge < -0.3 is 29.2 Å². The van der Waals surface area contributed by atoms with Gasteiger partial charge in [-0.15, -0.1) is 0 Å². The summed E-state index contributed by atoms with van der Waals surface area (Å²) in [5.74, 6) is -0.620. The Hall–Kier alpha value is -3.07. The fourth-order valence-electron chi connectivity index (χ4n) is 3.86. The number of hydrogen-bond donors (Lipinski definition) is 2. The van der Waals surface area contributed by atoms with E-state index in [1.54, 1.807) is 30.3 Å². The highest BCUT2D eigenvalue weighted by Gasteiger charge is 2.49. The number of aliphatic hydroxyl groups excluding tert-OH is 2. The number of carbonyl (C=O) groups excluding carboxylic acids is 1. The van der Waals surface area contributed by atoms with Crippen LogP contribution in [0.15, 0.2) is 91.0 Å². The lowest BCUT2D eigenvalue weighted by molar-refractivity contribution is -0.304. The number of hydrogen-bond acceptors (Lipinski definition) is 7. The Kier molecular flexibility index (Phi) is 8.41. The normalized spacial score (nSPS) is 24.5. The summed E-state index contributed by atoms with van der Waals surface area (Å²) < 4.78 is 23.6. The molecule has 178 valence electrons. The molecule has 1 aliphatic heterocycles. The van der Waals surface area contributed by atoms with Crippen molar-refractivity contribution in [2.24, 2.45) is 0 Å². The van der Waals surface area contributed by atoms with Gasteiger partial charge in [0, 0.05) is 0 Å². The van der Waals surface area contributed by atoms with E-state index in [4.69, 9.17) is 18.9 Å². The number of rotatable bonds is 9. The van der Waals surface area contributed by atoms with E-state index < -0.39 is 43.3 Å². The molecule has 3 aromatic carbocycles. The van der Waals surface area contributed by atoms with Crippen LogP contribution in [0.25, 0.3) is 0 Å². The van der Waals surface area contributed by atoms with Gasteiger partial charge in [-0.05, 0) is 23.3 Å². The van der Waals surface area contributed by atoms with E-state index in [1.807, 2.05) is 60.7 Å². The summed E-state index contributed by atoms with van der Waals surface area (Å²) in [6, 6.07) is 27.5. The van der Waals surface area contributed by atoms with E-state index >= 15 is 0 Å². The van der Waals surface area contributed by atoms with Crippen molar-refractivity contribution in [2.75, 3.05) is 6.61 Å². The molecule has 0 aromatic heterocycles. The van der Waals surface area contributed by atoms with Crippen molar-refractivity contribution in [3.05, 3.63) is 108 Å². The Morgan fingerprint density at radius 2 is 1.24 bits per heavy atom. The molecular weight excluding hydrogens is 436 g/mol. The van der Waals surface area contributed by atoms with E-state index in [9.17, 15) is 15.0 Å². The van der Waals surface area contributed by atoms with E-state index in [0.29, 0.717) is 5.56 Å². The summed E-state index contributed by atoms with van der Waals surface area (Å²) in [6.45, 7) is 0.0219. The van der Waals surface area contributed by atoms with Crippen LogP contribution in [-0.4, -0.2) is 53.5 Å². The third-order valence-electron chi connectivity index (χ3n) is 5.61. The van der Waals surface area contributed by atoms with Crippen molar-refractivity contribution in [1.29, 1.82) is 0 Å². The molecule has 0 aliphatic carbocycles. The van der Waals surface area contributed by atoms with Crippen LogP contribution in [0.4, 0.5) is 0 Å². The average molecular weight is 465 g/mol. The maximum absolute atomic E-state index is 12.8. The predicted molar refractivity (Wildman–Crippen MR) is 124 cm³/mol. The van der Waals surface area contributed by atoms with Gasteiger partial charge in [0.25, 0.3) is 0 Å². The van der Waals surface area contributed by atoms with Crippen LogP contribution in [0.5, 0.6) is 0 Å². The van der Waals surface area contributed by atoms with E-state index in [2.05, 4.69) is 0 Å². The van der Waals surface area contributed by atoms with Gasteiger partial charge in [0.05, 0.1) is 25.4 Å². The summed E-state index contributed by atoms with van der Waals surface area (Å²) in [5, 5.41) is 20.6. The molecule has 1 fully saturated rings. The molecule has 0 saturated carbocycles. The fourth-order valence-corrected chi connectivity index (χ4v) is 3.86. The molecule has 0 amide bonds. The summed E-state index contributed by atoms with van der Waals surface area (Å²) in [5.41, 5.74) is 2.16. The largest absolute Gasteiger partial charge is 0.450 e. The topological polar surface area (TPSA) is 94.5 Å². The molecule has 7 heteroatoms. The number of aliphatic hydroxyl groups is 2. The molecule has 34 heavy (non-hydrogen) atoms. The van der Waals surface area contributed by atoms with Crippen LogP contribution in [0, 0.1) is 0 Å². The van der Waals surface area contributed by atoms with Gasteiger partial charge in [-0.1, -0.05) is 78.9 Å². The first-order valence-corrected chi connectivity index (χ1v) is 11.2. The van der Waals surface area contributed by atoms with E-state index in [-0.39, 0.29) is 13.2 Å². The molecular formula is C27H28O7. The first kappa shape index (κ1) is 24.1. The smallest absolute Gasteiger partial charge is 0.338 e. The monoisotopic (exact) mass is 464 g/mol. The highest BCUT2D eigenvalue weighted by Crippen LogP contribution is 2.29. The fraction of sp³-hybridized carbons (Fsp3) is 0.296. The Labute approximate surface area is 198 Å². The molecule has 3 aromatic rings. The van der Waals surface area contributed by atoms with Crippen molar-refractivity contribution >= 4 is 5.97 Å². The Morgan fingerprint density at radius 1 is 0.735 bits per heavy atom. The van der Waals surface area contributed by atoms with Gasteiger partial charge in [0.1, 0.15) is 18.3 Å². The Morgan fingerprint density at radius 3 is 1.76 bits per heavy atom. The highest BCUT2D eigenvalue weighted by atomic mass is 16.7. The second kappa shape index (κ2) is 11.9. The molecule has 7 nitrogen and oxygen atoms in total. The van der Waals surface area contributed by atoms with Crippen molar-refractivity contribution in [3.63, 3.8) is 0 Å². The summed E-state index contributed by atoms with van der Waals surface area (Å²) in [4.78, 5) is 12.8. The predicted octanol–water partition coefficient (Wildman–Crippen LogP) is 3.09. The first-order valence-electron chi connectivity index (χ1n) is 11.2. The summed E-state index contributed by atoms with van der Waals surface area (Å²) in [7, 11) is 0.